The number of nitrogens with one attached hydrogen (secondary N) is 1. The van der Waals surface area contributed by atoms with Crippen molar-refractivity contribution in [1.82, 2.24) is 4.90 Å². The van der Waals surface area contributed by atoms with Crippen LogP contribution in [0, 0.1) is 0 Å². The number of anilines is 1. The van der Waals surface area contributed by atoms with Crippen molar-refractivity contribution in [2.45, 2.75) is 77.2 Å². The number of carbonyl (C=O) groups excluding carboxylic acids is 2. The van der Waals surface area contributed by atoms with Crippen LogP contribution in [0.25, 0.3) is 0 Å². The Morgan fingerprint density at radius 1 is 0.970 bits per heavy atom. The minimum Gasteiger partial charge on any atom is -0.494 e. The number of ether oxygens (including phenoxy) is 1. The van der Waals surface area contributed by atoms with Gasteiger partial charge in [0.05, 0.1) is 6.61 Å². The number of hydrogen-bond donors (Lipinski definition) is 1. The molecule has 0 bridgehead atoms. The molecule has 5 nitrogen and oxygen atoms in total. The maximum absolute atomic E-state index is 12.5. The van der Waals surface area contributed by atoms with Gasteiger partial charge in [0.2, 0.25) is 5.91 Å². The maximum atomic E-state index is 12.5. The Balaban J connectivity index is 1.41. The Morgan fingerprint density at radius 3 is 2.21 bits per heavy atom. The fourth-order valence-corrected chi connectivity index (χ4v) is 4.22. The first kappa shape index (κ1) is 24.8. The lowest BCUT2D eigenvalue weighted by Gasteiger charge is -2.31. The molecule has 2 aromatic rings. The van der Waals surface area contributed by atoms with E-state index >= 15 is 0 Å². The first-order chi connectivity index (χ1) is 15.7. The molecule has 0 atom stereocenters. The molecular formula is C28H38N2O3. The smallest absolute Gasteiger partial charge is 0.255 e. The lowest BCUT2D eigenvalue weighted by molar-refractivity contribution is -0.132. The quantitative estimate of drug-likeness (QED) is 0.488. The molecule has 1 fully saturated rings. The van der Waals surface area contributed by atoms with Gasteiger partial charge in [-0.05, 0) is 66.6 Å². The number of nitrogens with zero attached hydrogens (tertiary/aromatic N) is 1. The van der Waals surface area contributed by atoms with Gasteiger partial charge >= 0.3 is 0 Å². The van der Waals surface area contributed by atoms with Crippen molar-refractivity contribution in [2.24, 2.45) is 0 Å². The molecule has 178 valence electrons. The van der Waals surface area contributed by atoms with Gasteiger partial charge in [-0.25, -0.2) is 0 Å². The Morgan fingerprint density at radius 2 is 1.61 bits per heavy atom. The molecule has 3 rings (SSSR count). The zero-order valence-electron chi connectivity index (χ0n) is 20.5. The number of hydrogen-bond acceptors (Lipinski definition) is 3. The fraction of sp³-hybridized carbons (Fsp3) is 0.500. The van der Waals surface area contributed by atoms with E-state index in [1.807, 2.05) is 60.5 Å². The van der Waals surface area contributed by atoms with E-state index in [1.54, 1.807) is 0 Å². The standard InChI is InChI=1S/C28H38N2O3/c1-28(2,3)22-14-12-21(13-15-22)27(32)29-23-16-18-25(19-17-23)33-20-8-11-26(31)30(4)24-9-6-5-7-10-24/h12-19,24H,5-11,20H2,1-4H3,(H,29,32). The molecule has 33 heavy (non-hydrogen) atoms. The highest BCUT2D eigenvalue weighted by Crippen LogP contribution is 2.24. The van der Waals surface area contributed by atoms with Gasteiger partial charge < -0.3 is 15.0 Å². The summed E-state index contributed by atoms with van der Waals surface area (Å²) in [5, 5.41) is 2.92. The summed E-state index contributed by atoms with van der Waals surface area (Å²) < 4.78 is 5.79. The molecule has 2 amide bonds. The van der Waals surface area contributed by atoms with E-state index in [4.69, 9.17) is 4.74 Å². The van der Waals surface area contributed by atoms with E-state index in [-0.39, 0.29) is 17.2 Å². The predicted molar refractivity (Wildman–Crippen MR) is 134 cm³/mol. The second-order valence-corrected chi connectivity index (χ2v) is 10.1. The molecule has 0 radical (unpaired) electrons. The van der Waals surface area contributed by atoms with Crippen LogP contribution < -0.4 is 10.1 Å². The van der Waals surface area contributed by atoms with E-state index in [0.29, 0.717) is 31.1 Å². The van der Waals surface area contributed by atoms with E-state index in [0.717, 1.165) is 24.3 Å². The van der Waals surface area contributed by atoms with E-state index in [2.05, 4.69) is 26.1 Å². The van der Waals surface area contributed by atoms with Crippen LogP contribution in [0.2, 0.25) is 0 Å². The zero-order valence-corrected chi connectivity index (χ0v) is 20.5. The van der Waals surface area contributed by atoms with Crippen LogP contribution in [0.1, 0.15) is 81.6 Å². The van der Waals surface area contributed by atoms with Crippen LogP contribution in [-0.4, -0.2) is 36.4 Å². The Hall–Kier alpha value is -2.82. The molecule has 0 unspecified atom stereocenters. The summed E-state index contributed by atoms with van der Waals surface area (Å²) in [5.74, 6) is 0.805. The average Bonchev–Trinajstić information content (AvgIpc) is 2.82. The third-order valence-electron chi connectivity index (χ3n) is 6.44. The Bertz CT molecular complexity index is 908. The van der Waals surface area contributed by atoms with E-state index in [1.165, 1.54) is 24.8 Å². The molecule has 0 aliphatic heterocycles. The molecule has 1 saturated carbocycles. The van der Waals surface area contributed by atoms with Crippen molar-refractivity contribution in [3.63, 3.8) is 0 Å². The maximum Gasteiger partial charge on any atom is 0.255 e. The topological polar surface area (TPSA) is 58.6 Å². The third-order valence-corrected chi connectivity index (χ3v) is 6.44. The average molecular weight is 451 g/mol. The van der Waals surface area contributed by atoms with E-state index < -0.39 is 0 Å². The Kier molecular flexibility index (Phi) is 8.54. The summed E-state index contributed by atoms with van der Waals surface area (Å²) in [5.41, 5.74) is 2.61. The molecule has 2 aromatic carbocycles. The number of benzene rings is 2. The van der Waals surface area contributed by atoms with Crippen LogP contribution in [0.3, 0.4) is 0 Å². The molecule has 0 saturated heterocycles. The largest absolute Gasteiger partial charge is 0.494 e. The monoisotopic (exact) mass is 450 g/mol. The van der Waals surface area contributed by atoms with Gasteiger partial charge in [0.15, 0.2) is 0 Å². The van der Waals surface area contributed by atoms with Crippen molar-refractivity contribution in [3.8, 4) is 5.75 Å². The lowest BCUT2D eigenvalue weighted by Crippen LogP contribution is -2.38. The number of rotatable bonds is 8. The minimum atomic E-state index is -0.135. The normalized spacial score (nSPS) is 14.5. The highest BCUT2D eigenvalue weighted by molar-refractivity contribution is 6.04. The summed E-state index contributed by atoms with van der Waals surface area (Å²) in [6, 6.07) is 15.5. The van der Waals surface area contributed by atoms with Crippen molar-refractivity contribution in [1.29, 1.82) is 0 Å². The molecule has 0 spiro atoms. The molecule has 1 aliphatic carbocycles. The molecular weight excluding hydrogens is 412 g/mol. The lowest BCUT2D eigenvalue weighted by atomic mass is 9.87. The first-order valence-corrected chi connectivity index (χ1v) is 12.1. The fourth-order valence-electron chi connectivity index (χ4n) is 4.22. The SMILES string of the molecule is CN(C(=O)CCCOc1ccc(NC(=O)c2ccc(C(C)(C)C)cc2)cc1)C1CCCCC1. The predicted octanol–water partition coefficient (Wildman–Crippen LogP) is 6.19. The van der Waals surface area contributed by atoms with Crippen LogP contribution in [-0.2, 0) is 10.2 Å². The van der Waals surface area contributed by atoms with Crippen molar-refractivity contribution in [2.75, 3.05) is 19.0 Å². The highest BCUT2D eigenvalue weighted by atomic mass is 16.5. The second kappa shape index (κ2) is 11.4. The van der Waals surface area contributed by atoms with Gasteiger partial charge in [-0.3, -0.25) is 9.59 Å². The minimum absolute atomic E-state index is 0.0590. The van der Waals surface area contributed by atoms with Gasteiger partial charge in [0.25, 0.3) is 5.91 Å². The molecule has 0 heterocycles. The van der Waals surface area contributed by atoms with Crippen molar-refractivity contribution in [3.05, 3.63) is 59.7 Å². The Labute approximate surface area is 198 Å². The van der Waals surface area contributed by atoms with Crippen LogP contribution in [0.5, 0.6) is 5.75 Å². The summed E-state index contributed by atoms with van der Waals surface area (Å²) in [6.07, 6.45) is 7.21. The highest BCUT2D eigenvalue weighted by Gasteiger charge is 2.21. The van der Waals surface area contributed by atoms with Crippen molar-refractivity contribution < 1.29 is 14.3 Å². The molecule has 1 aliphatic rings. The molecule has 1 N–H and O–H groups in total. The summed E-state index contributed by atoms with van der Waals surface area (Å²) in [7, 11) is 1.94. The zero-order chi connectivity index (χ0) is 23.8. The number of carbonyl (C=O) groups is 2. The summed E-state index contributed by atoms with van der Waals surface area (Å²) in [4.78, 5) is 26.9. The molecule has 5 heteroatoms. The van der Waals surface area contributed by atoms with Crippen molar-refractivity contribution >= 4 is 17.5 Å². The van der Waals surface area contributed by atoms with Gasteiger partial charge in [-0.1, -0.05) is 52.2 Å². The van der Waals surface area contributed by atoms with Crippen LogP contribution in [0.15, 0.2) is 48.5 Å². The van der Waals surface area contributed by atoms with Crippen LogP contribution in [0.4, 0.5) is 5.69 Å². The van der Waals surface area contributed by atoms with E-state index in [9.17, 15) is 9.59 Å². The summed E-state index contributed by atoms with van der Waals surface area (Å²) >= 11 is 0. The van der Waals surface area contributed by atoms with Crippen LogP contribution >= 0.6 is 0 Å². The van der Waals surface area contributed by atoms with Gasteiger partial charge in [0.1, 0.15) is 5.75 Å². The second-order valence-electron chi connectivity index (χ2n) is 10.1. The molecule has 0 aromatic heterocycles. The van der Waals surface area contributed by atoms with Gasteiger partial charge in [-0.2, -0.15) is 0 Å². The van der Waals surface area contributed by atoms with Gasteiger partial charge in [-0.15, -0.1) is 0 Å². The third kappa shape index (κ3) is 7.34. The summed E-state index contributed by atoms with van der Waals surface area (Å²) in [6.45, 7) is 6.95. The first-order valence-electron chi connectivity index (χ1n) is 12.1. The van der Waals surface area contributed by atoms with Gasteiger partial charge in [0, 0.05) is 30.8 Å². The number of amides is 2.